The summed E-state index contributed by atoms with van der Waals surface area (Å²) in [6.07, 6.45) is 6.91. The molecule has 1 nitrogen and oxygen atoms in total. The van der Waals surface area contributed by atoms with E-state index in [0.717, 1.165) is 12.8 Å². The van der Waals surface area contributed by atoms with E-state index in [0.29, 0.717) is 5.41 Å². The average Bonchev–Trinajstić information content (AvgIpc) is 1.97. The summed E-state index contributed by atoms with van der Waals surface area (Å²) in [5, 5.41) is -0.130. The Morgan fingerprint density at radius 3 is 2.62 bits per heavy atom. The van der Waals surface area contributed by atoms with Crippen molar-refractivity contribution in [3.63, 3.8) is 0 Å². The van der Waals surface area contributed by atoms with Gasteiger partial charge in [-0.2, -0.15) is 0 Å². The lowest BCUT2D eigenvalue weighted by Crippen LogP contribution is -2.22. The molecule has 0 unspecified atom stereocenters. The maximum Gasteiger partial charge on any atom is 0.224 e. The van der Waals surface area contributed by atoms with Crippen molar-refractivity contribution in [2.45, 2.75) is 52.4 Å². The molecular weight excluding hydrogens is 184 g/mol. The molecule has 0 bridgehead atoms. The van der Waals surface area contributed by atoms with Crippen molar-refractivity contribution < 1.29 is 4.79 Å². The highest BCUT2D eigenvalue weighted by Crippen LogP contribution is 2.36. The van der Waals surface area contributed by atoms with Gasteiger partial charge in [0.05, 0.1) is 0 Å². The molecule has 0 saturated heterocycles. The molecular formula is C11H19ClO. The summed E-state index contributed by atoms with van der Waals surface area (Å²) in [4.78, 5) is 11.1. The highest BCUT2D eigenvalue weighted by Gasteiger charge is 2.27. The summed E-state index contributed by atoms with van der Waals surface area (Å²) >= 11 is 5.57. The summed E-state index contributed by atoms with van der Waals surface area (Å²) in [6.45, 7) is 4.48. The third-order valence-electron chi connectivity index (χ3n) is 3.03. The van der Waals surface area contributed by atoms with Gasteiger partial charge >= 0.3 is 0 Å². The lowest BCUT2D eigenvalue weighted by atomic mass is 9.75. The van der Waals surface area contributed by atoms with Gasteiger partial charge in [0, 0.05) is 5.92 Å². The van der Waals surface area contributed by atoms with Crippen LogP contribution in [-0.4, -0.2) is 5.24 Å². The quantitative estimate of drug-likeness (QED) is 0.592. The highest BCUT2D eigenvalue weighted by atomic mass is 35.5. The molecule has 0 spiro atoms. The largest absolute Gasteiger partial charge is 0.281 e. The Hall–Kier alpha value is -0.0400. The number of carbonyl (C=O) groups is 1. The van der Waals surface area contributed by atoms with Crippen LogP contribution in [0.3, 0.4) is 0 Å². The summed E-state index contributed by atoms with van der Waals surface area (Å²) in [7, 11) is 0. The monoisotopic (exact) mass is 202 g/mol. The molecule has 0 aromatic heterocycles. The Morgan fingerprint density at radius 1 is 1.31 bits per heavy atom. The van der Waals surface area contributed by atoms with E-state index in [9.17, 15) is 4.79 Å². The van der Waals surface area contributed by atoms with E-state index < -0.39 is 0 Å². The Morgan fingerprint density at radius 2 is 2.00 bits per heavy atom. The van der Waals surface area contributed by atoms with Gasteiger partial charge < -0.3 is 0 Å². The molecule has 0 N–H and O–H groups in total. The lowest BCUT2D eigenvalue weighted by Gasteiger charge is -2.30. The minimum absolute atomic E-state index is 0.108. The van der Waals surface area contributed by atoms with Crippen LogP contribution in [0, 0.1) is 11.3 Å². The summed E-state index contributed by atoms with van der Waals surface area (Å²) in [6, 6.07) is 0. The van der Waals surface area contributed by atoms with E-state index in [-0.39, 0.29) is 11.2 Å². The molecule has 0 aromatic rings. The topological polar surface area (TPSA) is 17.1 Å². The molecule has 0 heterocycles. The fourth-order valence-corrected chi connectivity index (χ4v) is 2.42. The van der Waals surface area contributed by atoms with Gasteiger partial charge in [-0.3, -0.25) is 4.79 Å². The molecule has 13 heavy (non-hydrogen) atoms. The molecule has 1 fully saturated rings. The third kappa shape index (κ3) is 3.68. The van der Waals surface area contributed by atoms with E-state index in [1.807, 2.05) is 0 Å². The van der Waals surface area contributed by atoms with Gasteiger partial charge in [-0.05, 0) is 36.3 Å². The number of halogens is 1. The van der Waals surface area contributed by atoms with Gasteiger partial charge in [-0.1, -0.05) is 33.1 Å². The molecule has 76 valence electrons. The molecule has 1 saturated carbocycles. The van der Waals surface area contributed by atoms with Crippen molar-refractivity contribution in [2.24, 2.45) is 11.3 Å². The Labute approximate surface area is 85.8 Å². The van der Waals surface area contributed by atoms with Crippen LogP contribution >= 0.6 is 11.6 Å². The van der Waals surface area contributed by atoms with Crippen LogP contribution in [-0.2, 0) is 4.79 Å². The van der Waals surface area contributed by atoms with Gasteiger partial charge in [-0.25, -0.2) is 0 Å². The highest BCUT2D eigenvalue weighted by molar-refractivity contribution is 6.63. The predicted octanol–water partition coefficient (Wildman–Crippen LogP) is 3.75. The molecule has 1 rings (SSSR count). The molecule has 1 atom stereocenters. The first-order valence-corrected chi connectivity index (χ1v) is 5.58. The van der Waals surface area contributed by atoms with Gasteiger partial charge in [0.2, 0.25) is 5.24 Å². The van der Waals surface area contributed by atoms with Crippen molar-refractivity contribution in [3.8, 4) is 0 Å². The molecule has 0 radical (unpaired) electrons. The van der Waals surface area contributed by atoms with Gasteiger partial charge in [0.1, 0.15) is 0 Å². The van der Waals surface area contributed by atoms with Crippen molar-refractivity contribution in [1.82, 2.24) is 0 Å². The van der Waals surface area contributed by atoms with Gasteiger partial charge in [-0.15, -0.1) is 0 Å². The van der Waals surface area contributed by atoms with Crippen molar-refractivity contribution >= 4 is 16.8 Å². The van der Waals surface area contributed by atoms with E-state index in [1.54, 1.807) is 0 Å². The van der Waals surface area contributed by atoms with Crippen molar-refractivity contribution in [3.05, 3.63) is 0 Å². The van der Waals surface area contributed by atoms with Crippen LogP contribution < -0.4 is 0 Å². The normalized spacial score (nSPS) is 29.0. The van der Waals surface area contributed by atoms with E-state index >= 15 is 0 Å². The number of rotatable bonds is 1. The zero-order chi connectivity index (χ0) is 9.90. The number of hydrogen-bond donors (Lipinski definition) is 0. The van der Waals surface area contributed by atoms with Gasteiger partial charge in [0.25, 0.3) is 0 Å². The Kier molecular flexibility index (Phi) is 3.78. The first-order chi connectivity index (χ1) is 6.01. The van der Waals surface area contributed by atoms with Crippen molar-refractivity contribution in [2.75, 3.05) is 0 Å². The maximum absolute atomic E-state index is 11.1. The summed E-state index contributed by atoms with van der Waals surface area (Å²) in [5.41, 5.74) is 0.301. The zero-order valence-corrected chi connectivity index (χ0v) is 9.36. The molecule has 0 aromatic carbocycles. The predicted molar refractivity (Wildman–Crippen MR) is 55.8 cm³/mol. The van der Waals surface area contributed by atoms with Gasteiger partial charge in [0.15, 0.2) is 0 Å². The van der Waals surface area contributed by atoms with E-state index in [2.05, 4.69) is 13.8 Å². The van der Waals surface area contributed by atoms with E-state index in [4.69, 9.17) is 11.6 Å². The van der Waals surface area contributed by atoms with Crippen LogP contribution in [0.1, 0.15) is 52.4 Å². The molecule has 1 aliphatic carbocycles. The standard InChI is InChI=1S/C11H19ClO/c1-11(2)7-5-3-4-6-9(8-11)10(12)13/h9H,3-8H2,1-2H3/t9-/m0/s1. The minimum atomic E-state index is -0.130. The minimum Gasteiger partial charge on any atom is -0.281 e. The van der Waals surface area contributed by atoms with Crippen LogP contribution in [0.4, 0.5) is 0 Å². The molecule has 0 aliphatic heterocycles. The number of carbonyl (C=O) groups excluding carboxylic acids is 1. The van der Waals surface area contributed by atoms with Crippen LogP contribution in [0.15, 0.2) is 0 Å². The number of hydrogen-bond acceptors (Lipinski definition) is 1. The zero-order valence-electron chi connectivity index (χ0n) is 8.61. The molecule has 1 aliphatic rings. The first kappa shape index (κ1) is 11.0. The first-order valence-electron chi connectivity index (χ1n) is 5.21. The second-order valence-corrected chi connectivity index (χ2v) is 5.34. The van der Waals surface area contributed by atoms with E-state index in [1.165, 1.54) is 25.7 Å². The van der Waals surface area contributed by atoms with Crippen LogP contribution in [0.5, 0.6) is 0 Å². The summed E-state index contributed by atoms with van der Waals surface area (Å²) in [5.74, 6) is 0.108. The fraction of sp³-hybridized carbons (Fsp3) is 0.909. The fourth-order valence-electron chi connectivity index (χ4n) is 2.24. The second-order valence-electron chi connectivity index (χ2n) is 4.97. The van der Waals surface area contributed by atoms with Crippen LogP contribution in [0.25, 0.3) is 0 Å². The lowest BCUT2D eigenvalue weighted by molar-refractivity contribution is -0.116. The third-order valence-corrected chi connectivity index (χ3v) is 3.33. The smallest absolute Gasteiger partial charge is 0.224 e. The summed E-state index contributed by atoms with van der Waals surface area (Å²) < 4.78 is 0. The average molecular weight is 203 g/mol. The molecule has 2 heteroatoms. The maximum atomic E-state index is 11.1. The SMILES string of the molecule is CC1(C)CCCCC[C@H](C(=O)Cl)C1. The Bertz CT molecular complexity index is 187. The van der Waals surface area contributed by atoms with Crippen LogP contribution in [0.2, 0.25) is 0 Å². The van der Waals surface area contributed by atoms with Crippen molar-refractivity contribution in [1.29, 1.82) is 0 Å². The Balaban J connectivity index is 2.58. The molecule has 0 amide bonds. The second kappa shape index (κ2) is 4.45.